The quantitative estimate of drug-likeness (QED) is 0.798. The molecule has 24 heavy (non-hydrogen) atoms. The van der Waals surface area contributed by atoms with Crippen LogP contribution in [0.1, 0.15) is 27.2 Å². The smallest absolute Gasteiger partial charge is 0.221 e. The summed E-state index contributed by atoms with van der Waals surface area (Å²) in [5, 5.41) is 3.12. The van der Waals surface area contributed by atoms with Gasteiger partial charge in [0.15, 0.2) is 0 Å². The van der Waals surface area contributed by atoms with Crippen molar-refractivity contribution in [2.75, 3.05) is 44.2 Å². The Hall–Kier alpha value is -1.59. The molecule has 0 aromatic heterocycles. The highest BCUT2D eigenvalue weighted by Crippen LogP contribution is 2.16. The molecular weight excluding hydrogens is 300 g/mol. The Balaban J connectivity index is 1.73. The molecule has 5 nitrogen and oxygen atoms in total. The zero-order valence-corrected chi connectivity index (χ0v) is 15.3. The van der Waals surface area contributed by atoms with Crippen molar-refractivity contribution in [1.29, 1.82) is 0 Å². The molecule has 0 saturated carbocycles. The molecule has 0 spiro atoms. The predicted molar refractivity (Wildman–Crippen MR) is 100 cm³/mol. The van der Waals surface area contributed by atoms with E-state index in [1.54, 1.807) is 0 Å². The summed E-state index contributed by atoms with van der Waals surface area (Å²) < 4.78 is 0. The lowest BCUT2D eigenvalue weighted by Crippen LogP contribution is -2.55. The normalized spacial score (nSPS) is 18.5. The highest BCUT2D eigenvalue weighted by Gasteiger charge is 2.28. The summed E-state index contributed by atoms with van der Waals surface area (Å²) in [7, 11) is 0. The molecule has 0 radical (unpaired) electrons. The first-order valence-electron chi connectivity index (χ1n) is 8.98. The Bertz CT molecular complexity index is 511. The Morgan fingerprint density at radius 1 is 1.21 bits per heavy atom. The molecule has 134 valence electrons. The van der Waals surface area contributed by atoms with Crippen LogP contribution in [0.5, 0.6) is 0 Å². The highest BCUT2D eigenvalue weighted by atomic mass is 16.1. The average molecular weight is 332 g/mol. The SMILES string of the molecule is CC(C)C(C)(CN)NC(=O)CCN1CCN(c2ccccc2)CC1. The fourth-order valence-electron chi connectivity index (χ4n) is 2.94. The predicted octanol–water partition coefficient (Wildman–Crippen LogP) is 1.69. The van der Waals surface area contributed by atoms with E-state index in [0.717, 1.165) is 32.7 Å². The van der Waals surface area contributed by atoms with Crippen molar-refractivity contribution >= 4 is 11.6 Å². The number of rotatable bonds is 7. The number of nitrogens with one attached hydrogen (secondary N) is 1. The number of piperazine rings is 1. The van der Waals surface area contributed by atoms with Gasteiger partial charge in [-0.25, -0.2) is 0 Å². The maximum absolute atomic E-state index is 12.2. The van der Waals surface area contributed by atoms with Crippen LogP contribution in [0, 0.1) is 5.92 Å². The van der Waals surface area contributed by atoms with Gasteiger partial charge in [0.1, 0.15) is 0 Å². The summed E-state index contributed by atoms with van der Waals surface area (Å²) in [6, 6.07) is 10.5. The van der Waals surface area contributed by atoms with Crippen LogP contribution in [0.15, 0.2) is 30.3 Å². The Labute approximate surface area is 146 Å². The number of hydrogen-bond acceptors (Lipinski definition) is 4. The molecule has 2 rings (SSSR count). The molecule has 1 aliphatic heterocycles. The molecule has 0 aliphatic carbocycles. The Kier molecular flexibility index (Phi) is 6.63. The van der Waals surface area contributed by atoms with Crippen LogP contribution in [0.25, 0.3) is 0 Å². The number of carbonyl (C=O) groups is 1. The van der Waals surface area contributed by atoms with E-state index in [0.29, 0.717) is 18.9 Å². The summed E-state index contributed by atoms with van der Waals surface area (Å²) >= 11 is 0. The minimum atomic E-state index is -0.316. The van der Waals surface area contributed by atoms with Crippen molar-refractivity contribution in [2.45, 2.75) is 32.7 Å². The van der Waals surface area contributed by atoms with Crippen LogP contribution in [-0.4, -0.2) is 55.6 Å². The maximum atomic E-state index is 12.2. The lowest BCUT2D eigenvalue weighted by Gasteiger charge is -2.37. The number of hydrogen-bond donors (Lipinski definition) is 2. The van der Waals surface area contributed by atoms with Crippen LogP contribution in [0.3, 0.4) is 0 Å². The van der Waals surface area contributed by atoms with Gasteiger partial charge in [-0.15, -0.1) is 0 Å². The lowest BCUT2D eigenvalue weighted by molar-refractivity contribution is -0.123. The second kappa shape index (κ2) is 8.49. The van der Waals surface area contributed by atoms with Gasteiger partial charge in [0, 0.05) is 51.4 Å². The second-order valence-corrected chi connectivity index (χ2v) is 7.24. The summed E-state index contributed by atoms with van der Waals surface area (Å²) in [4.78, 5) is 17.0. The van der Waals surface area contributed by atoms with Gasteiger partial charge < -0.3 is 16.0 Å². The number of amides is 1. The number of para-hydroxylation sites is 1. The van der Waals surface area contributed by atoms with Crippen molar-refractivity contribution in [1.82, 2.24) is 10.2 Å². The van der Waals surface area contributed by atoms with Gasteiger partial charge in [-0.3, -0.25) is 9.69 Å². The van der Waals surface area contributed by atoms with Crippen LogP contribution >= 0.6 is 0 Å². The number of anilines is 1. The van der Waals surface area contributed by atoms with Gasteiger partial charge in [-0.05, 0) is 25.0 Å². The molecule has 1 aromatic rings. The van der Waals surface area contributed by atoms with Crippen LogP contribution < -0.4 is 16.0 Å². The fourth-order valence-corrected chi connectivity index (χ4v) is 2.94. The molecule has 1 heterocycles. The zero-order valence-electron chi connectivity index (χ0n) is 15.3. The van der Waals surface area contributed by atoms with Gasteiger partial charge >= 0.3 is 0 Å². The molecule has 1 aromatic carbocycles. The van der Waals surface area contributed by atoms with Gasteiger partial charge in [-0.1, -0.05) is 32.0 Å². The number of carbonyl (C=O) groups excluding carboxylic acids is 1. The van der Waals surface area contributed by atoms with Gasteiger partial charge in [0.2, 0.25) is 5.91 Å². The van der Waals surface area contributed by atoms with E-state index in [9.17, 15) is 4.79 Å². The number of nitrogens with two attached hydrogens (primary N) is 1. The third-order valence-electron chi connectivity index (χ3n) is 5.27. The molecule has 1 unspecified atom stereocenters. The summed E-state index contributed by atoms with van der Waals surface area (Å²) in [5.74, 6) is 0.419. The fraction of sp³-hybridized carbons (Fsp3) is 0.632. The van der Waals surface area contributed by atoms with Crippen molar-refractivity contribution in [3.05, 3.63) is 30.3 Å². The van der Waals surface area contributed by atoms with Crippen LogP contribution in [0.2, 0.25) is 0 Å². The van der Waals surface area contributed by atoms with Crippen molar-refractivity contribution in [3.63, 3.8) is 0 Å². The molecule has 5 heteroatoms. The molecule has 1 fully saturated rings. The van der Waals surface area contributed by atoms with E-state index in [4.69, 9.17) is 5.73 Å². The molecule has 0 bridgehead atoms. The topological polar surface area (TPSA) is 61.6 Å². The van der Waals surface area contributed by atoms with Crippen LogP contribution in [0.4, 0.5) is 5.69 Å². The maximum Gasteiger partial charge on any atom is 0.221 e. The summed E-state index contributed by atoms with van der Waals surface area (Å²) in [6.07, 6.45) is 0.535. The van der Waals surface area contributed by atoms with E-state index in [2.05, 4.69) is 53.2 Å². The van der Waals surface area contributed by atoms with Crippen molar-refractivity contribution in [3.8, 4) is 0 Å². The Morgan fingerprint density at radius 2 is 1.83 bits per heavy atom. The molecular formula is C19H32N4O. The molecule has 3 N–H and O–H groups in total. The second-order valence-electron chi connectivity index (χ2n) is 7.24. The van der Waals surface area contributed by atoms with Gasteiger partial charge in [0.25, 0.3) is 0 Å². The first-order valence-corrected chi connectivity index (χ1v) is 8.98. The van der Waals surface area contributed by atoms with E-state index in [1.807, 2.05) is 13.0 Å². The van der Waals surface area contributed by atoms with Crippen molar-refractivity contribution < 1.29 is 4.79 Å². The van der Waals surface area contributed by atoms with E-state index < -0.39 is 0 Å². The van der Waals surface area contributed by atoms with Crippen LogP contribution in [-0.2, 0) is 4.79 Å². The summed E-state index contributed by atoms with van der Waals surface area (Å²) in [6.45, 7) is 11.5. The number of nitrogens with zero attached hydrogens (tertiary/aromatic N) is 2. The van der Waals surface area contributed by atoms with E-state index in [-0.39, 0.29) is 11.4 Å². The summed E-state index contributed by atoms with van der Waals surface area (Å²) in [5.41, 5.74) is 6.80. The third-order valence-corrected chi connectivity index (χ3v) is 5.27. The van der Waals surface area contributed by atoms with Gasteiger partial charge in [-0.2, -0.15) is 0 Å². The number of benzene rings is 1. The minimum absolute atomic E-state index is 0.0992. The monoisotopic (exact) mass is 332 g/mol. The molecule has 1 amide bonds. The molecule has 1 atom stereocenters. The first kappa shape index (κ1) is 18.7. The van der Waals surface area contributed by atoms with E-state index in [1.165, 1.54) is 5.69 Å². The Morgan fingerprint density at radius 3 is 2.38 bits per heavy atom. The first-order chi connectivity index (χ1) is 11.4. The highest BCUT2D eigenvalue weighted by molar-refractivity contribution is 5.77. The average Bonchev–Trinajstić information content (AvgIpc) is 2.61. The third kappa shape index (κ3) is 4.95. The minimum Gasteiger partial charge on any atom is -0.369 e. The molecule has 1 aliphatic rings. The van der Waals surface area contributed by atoms with E-state index >= 15 is 0 Å². The largest absolute Gasteiger partial charge is 0.369 e. The lowest BCUT2D eigenvalue weighted by atomic mass is 9.88. The zero-order chi connectivity index (χ0) is 17.6. The standard InChI is InChI=1S/C19H32N4O/c1-16(2)19(3,15-20)21-18(24)9-10-22-11-13-23(14-12-22)17-7-5-4-6-8-17/h4-8,16H,9-15,20H2,1-3H3,(H,21,24). The van der Waals surface area contributed by atoms with Gasteiger partial charge in [0.05, 0.1) is 5.54 Å². The molecule has 1 saturated heterocycles. The van der Waals surface area contributed by atoms with Crippen molar-refractivity contribution in [2.24, 2.45) is 11.7 Å².